The van der Waals surface area contributed by atoms with Crippen LogP contribution in [0.2, 0.25) is 0 Å². The van der Waals surface area contributed by atoms with E-state index in [1.165, 1.54) is 212 Å². The molecule has 4 atom stereocenters. The Morgan fingerprint density at radius 3 is 1.31 bits per heavy atom. The maximum atomic E-state index is 13.8. The number of carbonyl (C=O) groups excluding carboxylic acids is 2. The molecule has 0 aromatic heterocycles. The van der Waals surface area contributed by atoms with E-state index in [9.17, 15) is 9.59 Å². The normalized spacial score (nSPS) is 23.2. The lowest BCUT2D eigenvalue weighted by Gasteiger charge is -2.53. The number of rotatable bonds is 39. The molecular formula is C73H122O4. The summed E-state index contributed by atoms with van der Waals surface area (Å²) in [6.45, 7) is 30.7. The molecule has 0 spiro atoms. The molecule has 4 unspecified atom stereocenters. The predicted octanol–water partition coefficient (Wildman–Crippen LogP) is 22.9. The number of hydrogen-bond donors (Lipinski definition) is 0. The Bertz CT molecular complexity index is 1970. The lowest BCUT2D eigenvalue weighted by atomic mass is 9.51. The highest BCUT2D eigenvalue weighted by atomic mass is 16.5. The van der Waals surface area contributed by atoms with E-state index in [4.69, 9.17) is 9.47 Å². The highest BCUT2D eigenvalue weighted by Crippen LogP contribution is 2.57. The lowest BCUT2D eigenvalue weighted by Crippen LogP contribution is -2.50. The van der Waals surface area contributed by atoms with Crippen molar-refractivity contribution in [2.24, 2.45) is 33.5 Å². The Balaban J connectivity index is 1.86. The predicted molar refractivity (Wildman–Crippen MR) is 335 cm³/mol. The van der Waals surface area contributed by atoms with Crippen LogP contribution in [-0.2, 0) is 19.1 Å². The van der Waals surface area contributed by atoms with Gasteiger partial charge in [0, 0.05) is 35.5 Å². The van der Waals surface area contributed by atoms with Gasteiger partial charge in [0.2, 0.25) is 0 Å². The highest BCUT2D eigenvalue weighted by Gasteiger charge is 2.52. The van der Waals surface area contributed by atoms with Crippen LogP contribution in [0.3, 0.4) is 0 Å². The molecule has 77 heavy (non-hydrogen) atoms. The largest absolute Gasteiger partial charge is 0.465 e. The average Bonchev–Trinajstić information content (AvgIpc) is 3.38. The molecule has 0 radical (unpaired) electrons. The van der Waals surface area contributed by atoms with Gasteiger partial charge in [-0.2, -0.15) is 0 Å². The summed E-state index contributed by atoms with van der Waals surface area (Å²) in [5.74, 6) is -0.469. The van der Waals surface area contributed by atoms with Gasteiger partial charge in [0.15, 0.2) is 0 Å². The number of carbonyl (C=O) groups is 2. The van der Waals surface area contributed by atoms with Crippen molar-refractivity contribution in [3.63, 3.8) is 0 Å². The van der Waals surface area contributed by atoms with E-state index in [1.807, 2.05) is 0 Å². The molecule has 0 saturated carbocycles. The summed E-state index contributed by atoms with van der Waals surface area (Å²) in [5.41, 5.74) is 8.93. The van der Waals surface area contributed by atoms with Gasteiger partial charge in [0.05, 0.1) is 13.2 Å². The Hall–Kier alpha value is -3.14. The number of allylic oxidation sites excluding steroid dienone is 15. The zero-order valence-corrected chi connectivity index (χ0v) is 52.9. The van der Waals surface area contributed by atoms with Gasteiger partial charge in [-0.3, -0.25) is 9.59 Å². The van der Waals surface area contributed by atoms with Crippen molar-refractivity contribution in [1.29, 1.82) is 0 Å². The summed E-state index contributed by atoms with van der Waals surface area (Å²) in [4.78, 5) is 27.4. The van der Waals surface area contributed by atoms with Gasteiger partial charge < -0.3 is 9.47 Å². The number of ether oxygens (including phenoxy) is 2. The van der Waals surface area contributed by atoms with E-state index >= 15 is 0 Å². The van der Waals surface area contributed by atoms with Crippen molar-refractivity contribution in [3.05, 3.63) is 93.7 Å². The summed E-state index contributed by atoms with van der Waals surface area (Å²) < 4.78 is 12.7. The van der Waals surface area contributed by atoms with Crippen molar-refractivity contribution >= 4 is 11.9 Å². The monoisotopic (exact) mass is 1060 g/mol. The fourth-order valence-corrected chi connectivity index (χ4v) is 13.4. The first-order valence-electron chi connectivity index (χ1n) is 32.6. The molecule has 0 aliphatic heterocycles. The third-order valence-corrected chi connectivity index (χ3v) is 18.8. The van der Waals surface area contributed by atoms with E-state index in [-0.39, 0.29) is 47.8 Å². The van der Waals surface area contributed by atoms with Crippen LogP contribution < -0.4 is 0 Å². The molecular weight excluding hydrogens is 941 g/mol. The average molecular weight is 1060 g/mol. The molecule has 4 nitrogen and oxygen atoms in total. The maximum absolute atomic E-state index is 13.8. The molecule has 0 bridgehead atoms. The van der Waals surface area contributed by atoms with Crippen LogP contribution in [0.15, 0.2) is 93.7 Å². The number of unbranched alkanes of at least 4 members (excludes halogenated alkanes) is 24. The van der Waals surface area contributed by atoms with Gasteiger partial charge in [-0.25, -0.2) is 0 Å². The molecule has 3 rings (SSSR count). The fourth-order valence-electron chi connectivity index (χ4n) is 13.4. The van der Waals surface area contributed by atoms with Crippen LogP contribution in [0.1, 0.15) is 308 Å². The van der Waals surface area contributed by atoms with Crippen molar-refractivity contribution in [1.82, 2.24) is 0 Å². The van der Waals surface area contributed by atoms with Crippen molar-refractivity contribution in [3.8, 4) is 0 Å². The molecule has 3 aliphatic carbocycles. The summed E-state index contributed by atoms with van der Waals surface area (Å²) in [6, 6.07) is 0. The minimum absolute atomic E-state index is 0.106. The van der Waals surface area contributed by atoms with Crippen LogP contribution in [-0.4, -0.2) is 25.2 Å². The summed E-state index contributed by atoms with van der Waals surface area (Å²) >= 11 is 0. The van der Waals surface area contributed by atoms with Gasteiger partial charge in [0.25, 0.3) is 0 Å². The lowest BCUT2D eigenvalue weighted by molar-refractivity contribution is -0.152. The standard InChI is InChI=1S/C73H122O4/c1-14-16-18-20-22-24-26-28-30-32-34-36-38-46-68(74)76-57-64-63(7)56-72(12,55-60(4)49-51-66-62(6)45-42-53-71(66,10)11)73(13,54-40-43-59(3)48-50-65-61(5)44-41-52-70(65,8)9)67(64)58-77-69(75)47-39-37-35-33-31-29-27-25-23-21-19-17-15-2/h40,43,48-51,54-56,64,67H,14-39,41-42,44-47,52-53,57-58H2,1-13H3/b50-48+,51-49+,54-40+,59-43+,60-55+. The molecule has 4 heteroatoms. The van der Waals surface area contributed by atoms with Crippen molar-refractivity contribution in [2.45, 2.75) is 308 Å². The van der Waals surface area contributed by atoms with E-state index in [0.29, 0.717) is 12.8 Å². The first kappa shape index (κ1) is 68.1. The van der Waals surface area contributed by atoms with Gasteiger partial charge in [-0.05, 0) is 108 Å². The third-order valence-electron chi connectivity index (χ3n) is 18.8. The minimum atomic E-state index is -0.506. The Morgan fingerprint density at radius 2 is 0.909 bits per heavy atom. The molecule has 0 aromatic rings. The first-order valence-corrected chi connectivity index (χ1v) is 32.6. The first-order chi connectivity index (χ1) is 36.8. The molecule has 0 aromatic carbocycles. The topological polar surface area (TPSA) is 52.6 Å². The van der Waals surface area contributed by atoms with Crippen LogP contribution in [0.4, 0.5) is 0 Å². The summed E-state index contributed by atoms with van der Waals surface area (Å²) in [6.07, 6.45) is 62.4. The zero-order chi connectivity index (χ0) is 56.6. The maximum Gasteiger partial charge on any atom is 0.305 e. The van der Waals surface area contributed by atoms with Crippen LogP contribution in [0, 0.1) is 33.5 Å². The minimum Gasteiger partial charge on any atom is -0.465 e. The van der Waals surface area contributed by atoms with E-state index in [2.05, 4.69) is 145 Å². The van der Waals surface area contributed by atoms with Crippen molar-refractivity contribution < 1.29 is 19.1 Å². The number of hydrogen-bond acceptors (Lipinski definition) is 4. The number of esters is 2. The fraction of sp³-hybridized carbons (Fsp3) is 0.753. The van der Waals surface area contributed by atoms with Crippen LogP contribution in [0.25, 0.3) is 0 Å². The second-order valence-corrected chi connectivity index (χ2v) is 26.7. The molecule has 0 fully saturated rings. The molecule has 0 amide bonds. The molecule has 0 saturated heterocycles. The highest BCUT2D eigenvalue weighted by molar-refractivity contribution is 5.69. The Kier molecular flexibility index (Phi) is 32.7. The zero-order valence-electron chi connectivity index (χ0n) is 52.9. The Morgan fingerprint density at radius 1 is 0.532 bits per heavy atom. The second kappa shape index (κ2) is 37.0. The van der Waals surface area contributed by atoms with Gasteiger partial charge >= 0.3 is 11.9 Å². The molecule has 0 heterocycles. The molecule has 3 aliphatic rings. The second-order valence-electron chi connectivity index (χ2n) is 26.7. The van der Waals surface area contributed by atoms with Crippen LogP contribution in [0.5, 0.6) is 0 Å². The van der Waals surface area contributed by atoms with Gasteiger partial charge in [0.1, 0.15) is 0 Å². The van der Waals surface area contributed by atoms with E-state index in [1.54, 1.807) is 0 Å². The van der Waals surface area contributed by atoms with Gasteiger partial charge in [-0.1, -0.05) is 292 Å². The van der Waals surface area contributed by atoms with Crippen LogP contribution >= 0.6 is 0 Å². The SMILES string of the molecule is CCCCCCCCCCCCCCCC(=O)OCC1C(C)=CC(C)(/C=C(C)/C=C/C2=C(C)CCCC2(C)C)C(C)(/C=C/C=C(C)/C=C/C2=C(C)CCCC2(C)C)C1COC(=O)CCCCCCCCCCCCCCC. The van der Waals surface area contributed by atoms with E-state index in [0.717, 1.165) is 32.1 Å². The quantitative estimate of drug-likeness (QED) is 0.0266. The van der Waals surface area contributed by atoms with E-state index < -0.39 is 10.8 Å². The molecule has 438 valence electrons. The summed E-state index contributed by atoms with van der Waals surface area (Å²) in [7, 11) is 0. The molecule has 0 N–H and O–H groups in total. The van der Waals surface area contributed by atoms with Gasteiger partial charge in [-0.15, -0.1) is 0 Å². The Labute approximate surface area is 477 Å². The smallest absolute Gasteiger partial charge is 0.305 e. The van der Waals surface area contributed by atoms with Crippen molar-refractivity contribution in [2.75, 3.05) is 13.2 Å². The third kappa shape index (κ3) is 25.0. The summed E-state index contributed by atoms with van der Waals surface area (Å²) in [5, 5.41) is 0.